The molecule has 2 aromatic rings. The Bertz CT molecular complexity index is 610. The van der Waals surface area contributed by atoms with E-state index >= 15 is 0 Å². The molecule has 3 N–H and O–H groups in total. The molecule has 0 spiro atoms. The number of nitrogens with zero attached hydrogens (tertiary/aromatic N) is 2. The summed E-state index contributed by atoms with van der Waals surface area (Å²) in [5.41, 5.74) is 9.37. The van der Waals surface area contributed by atoms with E-state index in [9.17, 15) is 4.79 Å². The predicted octanol–water partition coefficient (Wildman–Crippen LogP) is 1.61. The molecular formula is C14H16N4O. The molecule has 0 fully saturated rings. The predicted molar refractivity (Wildman–Crippen MR) is 73.5 cm³/mol. The van der Waals surface area contributed by atoms with Crippen LogP contribution < -0.4 is 11.1 Å². The van der Waals surface area contributed by atoms with Gasteiger partial charge >= 0.3 is 0 Å². The normalized spacial score (nSPS) is 10.2. The fourth-order valence-electron chi connectivity index (χ4n) is 1.73. The Kier molecular flexibility index (Phi) is 3.75. The SMILES string of the molecule is Cc1ccncc1CNC(=O)c1cc(N)cnc1C. The Labute approximate surface area is 111 Å². The Morgan fingerprint density at radius 2 is 2.16 bits per heavy atom. The Balaban J connectivity index is 2.10. The Morgan fingerprint density at radius 1 is 1.37 bits per heavy atom. The lowest BCUT2D eigenvalue weighted by Crippen LogP contribution is -2.24. The molecule has 0 aliphatic rings. The van der Waals surface area contributed by atoms with Crippen molar-refractivity contribution in [3.05, 3.63) is 53.1 Å². The molecular weight excluding hydrogens is 240 g/mol. The molecule has 0 saturated carbocycles. The third-order valence-corrected chi connectivity index (χ3v) is 2.94. The van der Waals surface area contributed by atoms with Gasteiger partial charge in [0.25, 0.3) is 5.91 Å². The molecule has 0 atom stereocenters. The van der Waals surface area contributed by atoms with Crippen molar-refractivity contribution in [2.45, 2.75) is 20.4 Å². The second-order valence-corrected chi connectivity index (χ2v) is 4.39. The van der Waals surface area contributed by atoms with E-state index in [2.05, 4.69) is 15.3 Å². The van der Waals surface area contributed by atoms with Crippen LogP contribution in [0, 0.1) is 13.8 Å². The van der Waals surface area contributed by atoms with Gasteiger partial charge in [-0.2, -0.15) is 0 Å². The minimum Gasteiger partial charge on any atom is -0.397 e. The fraction of sp³-hybridized carbons (Fsp3) is 0.214. The molecule has 5 heteroatoms. The summed E-state index contributed by atoms with van der Waals surface area (Å²) >= 11 is 0. The first-order valence-electron chi connectivity index (χ1n) is 5.97. The third kappa shape index (κ3) is 3.07. The first kappa shape index (κ1) is 13.0. The van der Waals surface area contributed by atoms with Crippen LogP contribution in [0.4, 0.5) is 5.69 Å². The number of anilines is 1. The Hall–Kier alpha value is -2.43. The van der Waals surface area contributed by atoms with E-state index in [4.69, 9.17) is 5.73 Å². The third-order valence-electron chi connectivity index (χ3n) is 2.94. The van der Waals surface area contributed by atoms with Gasteiger partial charge in [0.1, 0.15) is 0 Å². The summed E-state index contributed by atoms with van der Waals surface area (Å²) in [5.74, 6) is -0.180. The summed E-state index contributed by atoms with van der Waals surface area (Å²) in [7, 11) is 0. The lowest BCUT2D eigenvalue weighted by molar-refractivity contribution is 0.0950. The molecule has 0 bridgehead atoms. The van der Waals surface area contributed by atoms with Crippen molar-refractivity contribution in [3.8, 4) is 0 Å². The molecule has 0 saturated heterocycles. The summed E-state index contributed by atoms with van der Waals surface area (Å²) in [4.78, 5) is 20.2. The van der Waals surface area contributed by atoms with Crippen LogP contribution in [0.5, 0.6) is 0 Å². The zero-order chi connectivity index (χ0) is 13.8. The quantitative estimate of drug-likeness (QED) is 0.874. The number of hydrogen-bond donors (Lipinski definition) is 2. The number of rotatable bonds is 3. The van der Waals surface area contributed by atoms with Gasteiger partial charge in [-0.25, -0.2) is 0 Å². The highest BCUT2D eigenvalue weighted by atomic mass is 16.1. The molecule has 2 rings (SSSR count). The second-order valence-electron chi connectivity index (χ2n) is 4.39. The van der Waals surface area contributed by atoms with Gasteiger partial charge in [-0.1, -0.05) is 0 Å². The molecule has 0 radical (unpaired) electrons. The largest absolute Gasteiger partial charge is 0.397 e. The van der Waals surface area contributed by atoms with Crippen LogP contribution in [-0.2, 0) is 6.54 Å². The number of hydrogen-bond acceptors (Lipinski definition) is 4. The smallest absolute Gasteiger partial charge is 0.253 e. The van der Waals surface area contributed by atoms with E-state index in [0.717, 1.165) is 11.1 Å². The minimum atomic E-state index is -0.180. The van der Waals surface area contributed by atoms with Crippen molar-refractivity contribution in [3.63, 3.8) is 0 Å². The van der Waals surface area contributed by atoms with E-state index in [1.807, 2.05) is 13.0 Å². The number of amides is 1. The molecule has 0 aliphatic carbocycles. The monoisotopic (exact) mass is 256 g/mol. The lowest BCUT2D eigenvalue weighted by Gasteiger charge is -2.09. The average molecular weight is 256 g/mol. The first-order valence-corrected chi connectivity index (χ1v) is 5.97. The van der Waals surface area contributed by atoms with Gasteiger partial charge < -0.3 is 11.1 Å². The highest BCUT2D eigenvalue weighted by molar-refractivity contribution is 5.95. The van der Waals surface area contributed by atoms with Gasteiger partial charge in [-0.3, -0.25) is 14.8 Å². The van der Waals surface area contributed by atoms with Crippen molar-refractivity contribution < 1.29 is 4.79 Å². The van der Waals surface area contributed by atoms with Crippen LogP contribution in [0.15, 0.2) is 30.7 Å². The Morgan fingerprint density at radius 3 is 2.89 bits per heavy atom. The highest BCUT2D eigenvalue weighted by Crippen LogP contribution is 2.10. The summed E-state index contributed by atoms with van der Waals surface area (Å²) in [6.45, 7) is 4.20. The van der Waals surface area contributed by atoms with Crippen molar-refractivity contribution >= 4 is 11.6 Å². The summed E-state index contributed by atoms with van der Waals surface area (Å²) in [5, 5.41) is 2.85. The summed E-state index contributed by atoms with van der Waals surface area (Å²) in [6.07, 6.45) is 5.02. The van der Waals surface area contributed by atoms with Crippen molar-refractivity contribution in [2.75, 3.05) is 5.73 Å². The van der Waals surface area contributed by atoms with Crippen LogP contribution in [0.2, 0.25) is 0 Å². The van der Waals surface area contributed by atoms with Gasteiger partial charge in [0.15, 0.2) is 0 Å². The van der Waals surface area contributed by atoms with Crippen LogP contribution in [0.3, 0.4) is 0 Å². The topological polar surface area (TPSA) is 80.9 Å². The van der Waals surface area contributed by atoms with E-state index in [1.54, 1.807) is 25.4 Å². The van der Waals surface area contributed by atoms with Gasteiger partial charge in [-0.15, -0.1) is 0 Å². The zero-order valence-electron chi connectivity index (χ0n) is 11.0. The van der Waals surface area contributed by atoms with Crippen molar-refractivity contribution in [2.24, 2.45) is 0 Å². The number of aromatic nitrogens is 2. The molecule has 1 amide bonds. The lowest BCUT2D eigenvalue weighted by atomic mass is 10.1. The van der Waals surface area contributed by atoms with E-state index in [-0.39, 0.29) is 5.91 Å². The maximum atomic E-state index is 12.1. The highest BCUT2D eigenvalue weighted by Gasteiger charge is 2.10. The molecule has 5 nitrogen and oxygen atoms in total. The molecule has 0 aliphatic heterocycles. The van der Waals surface area contributed by atoms with Crippen LogP contribution in [0.1, 0.15) is 27.2 Å². The number of nitrogens with two attached hydrogens (primary N) is 1. The number of aryl methyl sites for hydroxylation is 2. The van der Waals surface area contributed by atoms with E-state index in [1.165, 1.54) is 6.20 Å². The molecule has 2 aromatic heterocycles. The summed E-state index contributed by atoms with van der Waals surface area (Å²) in [6, 6.07) is 3.54. The van der Waals surface area contributed by atoms with Crippen molar-refractivity contribution in [1.82, 2.24) is 15.3 Å². The van der Waals surface area contributed by atoms with Crippen LogP contribution in [0.25, 0.3) is 0 Å². The van der Waals surface area contributed by atoms with Crippen LogP contribution in [-0.4, -0.2) is 15.9 Å². The molecule has 0 aromatic carbocycles. The second kappa shape index (κ2) is 5.48. The standard InChI is InChI=1S/C14H16N4O/c1-9-3-4-16-6-11(9)7-18-14(19)13-5-12(15)8-17-10(13)2/h3-6,8H,7,15H2,1-2H3,(H,18,19). The maximum absolute atomic E-state index is 12.1. The van der Waals surface area contributed by atoms with Crippen LogP contribution >= 0.6 is 0 Å². The fourth-order valence-corrected chi connectivity index (χ4v) is 1.73. The summed E-state index contributed by atoms with van der Waals surface area (Å²) < 4.78 is 0. The number of carbonyl (C=O) groups is 1. The van der Waals surface area contributed by atoms with Gasteiger partial charge in [0.05, 0.1) is 23.1 Å². The number of nitrogen functional groups attached to an aromatic ring is 1. The van der Waals surface area contributed by atoms with Gasteiger partial charge in [0, 0.05) is 18.9 Å². The molecule has 2 heterocycles. The van der Waals surface area contributed by atoms with E-state index < -0.39 is 0 Å². The van der Waals surface area contributed by atoms with E-state index in [0.29, 0.717) is 23.5 Å². The van der Waals surface area contributed by atoms with Gasteiger partial charge in [-0.05, 0) is 37.1 Å². The average Bonchev–Trinajstić information content (AvgIpc) is 2.40. The first-order chi connectivity index (χ1) is 9.08. The number of pyridine rings is 2. The maximum Gasteiger partial charge on any atom is 0.253 e. The number of carbonyl (C=O) groups excluding carboxylic acids is 1. The number of nitrogens with one attached hydrogen (secondary N) is 1. The van der Waals surface area contributed by atoms with Gasteiger partial charge in [0.2, 0.25) is 0 Å². The molecule has 19 heavy (non-hydrogen) atoms. The zero-order valence-corrected chi connectivity index (χ0v) is 11.0. The van der Waals surface area contributed by atoms with Crippen molar-refractivity contribution in [1.29, 1.82) is 0 Å². The molecule has 98 valence electrons. The minimum absolute atomic E-state index is 0.180. The molecule has 0 unspecified atom stereocenters.